The summed E-state index contributed by atoms with van der Waals surface area (Å²) in [6, 6.07) is 7.32. The van der Waals surface area contributed by atoms with Crippen molar-refractivity contribution in [2.45, 2.75) is 52.0 Å². The van der Waals surface area contributed by atoms with E-state index in [1.165, 1.54) is 32.1 Å². The highest BCUT2D eigenvalue weighted by Gasteiger charge is 2.08. The molecule has 0 radical (unpaired) electrons. The van der Waals surface area contributed by atoms with E-state index in [9.17, 15) is 0 Å². The lowest BCUT2D eigenvalue weighted by Gasteiger charge is -2.00. The second kappa shape index (κ2) is 7.40. The Morgan fingerprint density at radius 2 is 1.43 bits per heavy atom. The molecule has 0 bridgehead atoms. The largest absolute Gasteiger partial charge is 0.192 e. The molecule has 5 heteroatoms. The van der Waals surface area contributed by atoms with E-state index in [-0.39, 0.29) is 0 Å². The van der Waals surface area contributed by atoms with Crippen LogP contribution in [0, 0.1) is 22.7 Å². The molecular formula is C16H19N5. The van der Waals surface area contributed by atoms with Crippen LogP contribution in [0.25, 0.3) is 11.0 Å². The molecule has 0 spiro atoms. The van der Waals surface area contributed by atoms with E-state index in [1.54, 1.807) is 16.9 Å². The van der Waals surface area contributed by atoms with Crippen LogP contribution in [0.15, 0.2) is 12.1 Å². The van der Waals surface area contributed by atoms with Crippen molar-refractivity contribution >= 4 is 11.0 Å². The quantitative estimate of drug-likeness (QED) is 0.727. The number of nitriles is 2. The van der Waals surface area contributed by atoms with Crippen molar-refractivity contribution < 1.29 is 0 Å². The lowest BCUT2D eigenvalue weighted by molar-refractivity contribution is 0.488. The summed E-state index contributed by atoms with van der Waals surface area (Å²) in [5.74, 6) is 0. The first-order valence-corrected chi connectivity index (χ1v) is 7.47. The van der Waals surface area contributed by atoms with Gasteiger partial charge in [0.05, 0.1) is 17.7 Å². The molecule has 0 amide bonds. The molecule has 108 valence electrons. The van der Waals surface area contributed by atoms with E-state index in [0.29, 0.717) is 22.2 Å². The highest BCUT2D eigenvalue weighted by molar-refractivity contribution is 5.78. The number of hydrogen-bond donors (Lipinski definition) is 0. The Bertz CT molecular complexity index is 636. The van der Waals surface area contributed by atoms with Crippen molar-refractivity contribution in [3.63, 3.8) is 0 Å². The van der Waals surface area contributed by atoms with E-state index in [4.69, 9.17) is 10.5 Å². The first kappa shape index (κ1) is 15.0. The van der Waals surface area contributed by atoms with E-state index >= 15 is 0 Å². The number of nitrogens with zero attached hydrogens (tertiary/aromatic N) is 5. The van der Waals surface area contributed by atoms with Crippen LogP contribution in [0.3, 0.4) is 0 Å². The molecule has 0 atom stereocenters. The van der Waals surface area contributed by atoms with E-state index in [2.05, 4.69) is 17.1 Å². The highest BCUT2D eigenvalue weighted by atomic mass is 15.5. The van der Waals surface area contributed by atoms with Gasteiger partial charge in [-0.25, -0.2) is 0 Å². The smallest absolute Gasteiger partial charge is 0.114 e. The minimum Gasteiger partial charge on any atom is -0.192 e. The van der Waals surface area contributed by atoms with Gasteiger partial charge >= 0.3 is 0 Å². The van der Waals surface area contributed by atoms with Gasteiger partial charge < -0.3 is 0 Å². The van der Waals surface area contributed by atoms with Crippen molar-refractivity contribution in [1.82, 2.24) is 15.0 Å². The molecule has 2 aromatic rings. The van der Waals surface area contributed by atoms with E-state index in [1.807, 2.05) is 12.1 Å². The van der Waals surface area contributed by atoms with Crippen molar-refractivity contribution in [2.75, 3.05) is 0 Å². The Balaban J connectivity index is 2.00. The van der Waals surface area contributed by atoms with Crippen LogP contribution < -0.4 is 0 Å². The van der Waals surface area contributed by atoms with E-state index < -0.39 is 0 Å². The molecule has 0 unspecified atom stereocenters. The fraction of sp³-hybridized carbons (Fsp3) is 0.500. The van der Waals surface area contributed by atoms with Gasteiger partial charge in [-0.1, -0.05) is 39.0 Å². The minimum absolute atomic E-state index is 0.358. The lowest BCUT2D eigenvalue weighted by atomic mass is 10.1. The maximum absolute atomic E-state index is 9.00. The number of hydrogen-bond acceptors (Lipinski definition) is 4. The van der Waals surface area contributed by atoms with Crippen LogP contribution in [0.1, 0.15) is 56.6 Å². The van der Waals surface area contributed by atoms with E-state index in [0.717, 1.165) is 13.0 Å². The predicted octanol–water partition coefficient (Wildman–Crippen LogP) is 3.54. The zero-order chi connectivity index (χ0) is 15.1. The second-order valence-corrected chi connectivity index (χ2v) is 5.17. The SMILES string of the molecule is CCCCCCCCn1nc2cc(C#N)c(C#N)cc2n1. The zero-order valence-electron chi connectivity index (χ0n) is 12.3. The number of aromatic nitrogens is 3. The molecule has 1 aromatic heterocycles. The fourth-order valence-corrected chi connectivity index (χ4v) is 2.33. The molecule has 5 nitrogen and oxygen atoms in total. The lowest BCUT2D eigenvalue weighted by Crippen LogP contribution is -2.01. The molecule has 0 fully saturated rings. The molecule has 0 saturated heterocycles. The Hall–Kier alpha value is -2.40. The predicted molar refractivity (Wildman–Crippen MR) is 80.3 cm³/mol. The van der Waals surface area contributed by atoms with Crippen LogP contribution in [-0.4, -0.2) is 15.0 Å². The zero-order valence-corrected chi connectivity index (χ0v) is 12.3. The number of aryl methyl sites for hydroxylation is 1. The first-order chi connectivity index (χ1) is 10.3. The van der Waals surface area contributed by atoms with Crippen molar-refractivity contribution in [1.29, 1.82) is 10.5 Å². The Morgan fingerprint density at radius 1 is 0.905 bits per heavy atom. The summed E-state index contributed by atoms with van der Waals surface area (Å²) in [5, 5.41) is 26.8. The molecule has 2 rings (SSSR count). The summed E-state index contributed by atoms with van der Waals surface area (Å²) < 4.78 is 0. The standard InChI is InChI=1S/C16H19N5/c1-2-3-4-5-6-7-8-21-19-15-9-13(11-17)14(12-18)10-16(15)20-21/h9-10H,2-8H2,1H3. The summed E-state index contributed by atoms with van der Waals surface area (Å²) in [4.78, 5) is 1.67. The third-order valence-electron chi connectivity index (χ3n) is 3.51. The van der Waals surface area contributed by atoms with Gasteiger partial charge in [0, 0.05) is 0 Å². The van der Waals surface area contributed by atoms with Gasteiger partial charge in [-0.05, 0) is 18.6 Å². The van der Waals surface area contributed by atoms with Crippen LogP contribution in [0.2, 0.25) is 0 Å². The topological polar surface area (TPSA) is 78.3 Å². The molecule has 0 aliphatic rings. The van der Waals surface area contributed by atoms with Crippen molar-refractivity contribution in [2.24, 2.45) is 0 Å². The molecule has 0 aliphatic carbocycles. The second-order valence-electron chi connectivity index (χ2n) is 5.17. The average Bonchev–Trinajstić information content (AvgIpc) is 2.90. The molecule has 0 aliphatic heterocycles. The monoisotopic (exact) mass is 281 g/mol. The van der Waals surface area contributed by atoms with Gasteiger partial charge in [0.2, 0.25) is 0 Å². The number of unbranched alkanes of at least 4 members (excludes halogenated alkanes) is 5. The normalized spacial score (nSPS) is 10.4. The van der Waals surface area contributed by atoms with Gasteiger partial charge in [-0.2, -0.15) is 25.5 Å². The average molecular weight is 281 g/mol. The maximum atomic E-state index is 9.00. The molecule has 21 heavy (non-hydrogen) atoms. The van der Waals surface area contributed by atoms with Crippen molar-refractivity contribution in [3.05, 3.63) is 23.3 Å². The number of fused-ring (bicyclic) bond motifs is 1. The minimum atomic E-state index is 0.358. The number of rotatable bonds is 7. The summed E-state index contributed by atoms with van der Waals surface area (Å²) in [5.41, 5.74) is 2.07. The summed E-state index contributed by atoms with van der Waals surface area (Å²) in [6.45, 7) is 2.99. The van der Waals surface area contributed by atoms with Gasteiger partial charge in [0.1, 0.15) is 23.2 Å². The highest BCUT2D eigenvalue weighted by Crippen LogP contribution is 2.16. The third kappa shape index (κ3) is 3.79. The van der Waals surface area contributed by atoms with Gasteiger partial charge in [0.25, 0.3) is 0 Å². The van der Waals surface area contributed by atoms with Gasteiger partial charge in [-0.15, -0.1) is 0 Å². The van der Waals surface area contributed by atoms with Gasteiger partial charge in [0.15, 0.2) is 0 Å². The molecule has 1 heterocycles. The Morgan fingerprint density at radius 3 is 1.95 bits per heavy atom. The molecule has 0 N–H and O–H groups in total. The summed E-state index contributed by atoms with van der Waals surface area (Å²) in [6.07, 6.45) is 7.35. The van der Waals surface area contributed by atoms with Crippen LogP contribution in [-0.2, 0) is 6.54 Å². The first-order valence-electron chi connectivity index (χ1n) is 7.47. The van der Waals surface area contributed by atoms with Crippen LogP contribution in [0.5, 0.6) is 0 Å². The fourth-order valence-electron chi connectivity index (χ4n) is 2.33. The molecular weight excluding hydrogens is 262 g/mol. The Labute approximate surface area is 124 Å². The third-order valence-corrected chi connectivity index (χ3v) is 3.51. The van der Waals surface area contributed by atoms with Crippen LogP contribution >= 0.6 is 0 Å². The molecule has 1 aromatic carbocycles. The molecule has 0 saturated carbocycles. The Kier molecular flexibility index (Phi) is 5.29. The van der Waals surface area contributed by atoms with Crippen LogP contribution in [0.4, 0.5) is 0 Å². The summed E-state index contributed by atoms with van der Waals surface area (Å²) >= 11 is 0. The van der Waals surface area contributed by atoms with Crippen molar-refractivity contribution in [3.8, 4) is 12.1 Å². The van der Waals surface area contributed by atoms with Gasteiger partial charge in [-0.3, -0.25) is 0 Å². The maximum Gasteiger partial charge on any atom is 0.114 e. The summed E-state index contributed by atoms with van der Waals surface area (Å²) in [7, 11) is 0. The number of benzene rings is 1.